The van der Waals surface area contributed by atoms with Gasteiger partial charge in [0.2, 0.25) is 12.2 Å². The minimum atomic E-state index is -1.06. The van der Waals surface area contributed by atoms with Crippen molar-refractivity contribution in [3.63, 3.8) is 0 Å². The molecule has 2 amide bonds. The van der Waals surface area contributed by atoms with Crippen molar-refractivity contribution in [3.05, 3.63) is 35.9 Å². The molecule has 7 heteroatoms. The second-order valence-corrected chi connectivity index (χ2v) is 5.90. The Morgan fingerprint density at radius 3 is 2.32 bits per heavy atom. The zero-order chi connectivity index (χ0) is 19.0. The average Bonchev–Trinajstić information content (AvgIpc) is 2.59. The lowest BCUT2D eigenvalue weighted by Crippen LogP contribution is -2.46. The number of esters is 1. The zero-order valence-electron chi connectivity index (χ0n) is 15.4. The Bertz CT molecular complexity index is 605. The van der Waals surface area contributed by atoms with Gasteiger partial charge in [-0.05, 0) is 18.9 Å². The number of amides is 2. The van der Waals surface area contributed by atoms with Crippen LogP contribution in [-0.4, -0.2) is 42.8 Å². The van der Waals surface area contributed by atoms with Crippen LogP contribution in [0.25, 0.3) is 0 Å². The first-order valence-corrected chi connectivity index (χ1v) is 8.14. The van der Waals surface area contributed by atoms with Gasteiger partial charge in [-0.3, -0.25) is 9.59 Å². The summed E-state index contributed by atoms with van der Waals surface area (Å²) >= 11 is 0. The smallest absolute Gasteiger partial charge is 0.413 e. The number of rotatable bonds is 7. The monoisotopic (exact) mass is 350 g/mol. The van der Waals surface area contributed by atoms with Gasteiger partial charge in [-0.25, -0.2) is 4.79 Å². The minimum absolute atomic E-state index is 0.274. The van der Waals surface area contributed by atoms with Crippen molar-refractivity contribution in [1.29, 1.82) is 0 Å². The summed E-state index contributed by atoms with van der Waals surface area (Å²) in [7, 11) is 1.64. The maximum Gasteiger partial charge on any atom is 0.413 e. The molecule has 0 saturated heterocycles. The van der Waals surface area contributed by atoms with E-state index in [0.29, 0.717) is 6.42 Å². The quantitative estimate of drug-likeness (QED) is 0.603. The summed E-state index contributed by atoms with van der Waals surface area (Å²) in [6.07, 6.45) is -0.986. The van der Waals surface area contributed by atoms with Crippen LogP contribution in [0.5, 0.6) is 0 Å². The van der Waals surface area contributed by atoms with Crippen molar-refractivity contribution in [2.75, 3.05) is 13.6 Å². The fourth-order valence-electron chi connectivity index (χ4n) is 2.30. The van der Waals surface area contributed by atoms with Gasteiger partial charge >= 0.3 is 12.1 Å². The summed E-state index contributed by atoms with van der Waals surface area (Å²) < 4.78 is 10.1. The highest BCUT2D eigenvalue weighted by Gasteiger charge is 2.34. The molecule has 0 fully saturated rings. The van der Waals surface area contributed by atoms with Crippen LogP contribution in [0.4, 0.5) is 4.79 Å². The second kappa shape index (κ2) is 9.05. The van der Waals surface area contributed by atoms with E-state index in [1.165, 1.54) is 18.7 Å². The summed E-state index contributed by atoms with van der Waals surface area (Å²) in [6, 6.07) is 9.63. The second-order valence-electron chi connectivity index (χ2n) is 5.90. The van der Waals surface area contributed by atoms with Crippen LogP contribution in [0.15, 0.2) is 30.3 Å². The molecule has 1 rings (SSSR count). The molecular formula is C18H26N2O5. The topological polar surface area (TPSA) is 84.9 Å². The van der Waals surface area contributed by atoms with E-state index in [9.17, 15) is 14.4 Å². The average molecular weight is 350 g/mol. The highest BCUT2D eigenvalue weighted by atomic mass is 16.7. The van der Waals surface area contributed by atoms with Crippen molar-refractivity contribution in [1.82, 2.24) is 10.2 Å². The first kappa shape index (κ1) is 20.5. The molecule has 0 bridgehead atoms. The van der Waals surface area contributed by atoms with Gasteiger partial charge in [0.1, 0.15) is 6.54 Å². The van der Waals surface area contributed by atoms with E-state index in [0.717, 1.165) is 5.56 Å². The molecule has 0 aromatic heterocycles. The number of hydrogen-bond acceptors (Lipinski definition) is 5. The van der Waals surface area contributed by atoms with E-state index >= 15 is 0 Å². The molecule has 1 aromatic carbocycles. The molecule has 138 valence electrons. The summed E-state index contributed by atoms with van der Waals surface area (Å²) in [5, 5.41) is 2.32. The number of benzene rings is 1. The first-order valence-electron chi connectivity index (χ1n) is 8.14. The maximum atomic E-state index is 12.4. The Morgan fingerprint density at radius 1 is 1.20 bits per heavy atom. The fraction of sp³-hybridized carbons (Fsp3) is 0.500. The molecule has 1 aromatic rings. The van der Waals surface area contributed by atoms with E-state index in [1.54, 1.807) is 7.05 Å². The van der Waals surface area contributed by atoms with Gasteiger partial charge in [-0.15, -0.1) is 0 Å². The molecule has 0 aliphatic carbocycles. The van der Waals surface area contributed by atoms with Gasteiger partial charge < -0.3 is 19.7 Å². The maximum absolute atomic E-state index is 12.4. The highest BCUT2D eigenvalue weighted by molar-refractivity contribution is 5.80. The molecule has 0 saturated carbocycles. The Labute approximate surface area is 148 Å². The lowest BCUT2D eigenvalue weighted by atomic mass is 9.88. The molecule has 0 aliphatic rings. The molecular weight excluding hydrogens is 324 g/mol. The number of nitrogens with one attached hydrogen (secondary N) is 1. The zero-order valence-corrected chi connectivity index (χ0v) is 15.4. The molecule has 0 spiro atoms. The third-order valence-corrected chi connectivity index (χ3v) is 4.14. The Morgan fingerprint density at radius 2 is 1.80 bits per heavy atom. The molecule has 25 heavy (non-hydrogen) atoms. The van der Waals surface area contributed by atoms with Crippen LogP contribution in [-0.2, 0) is 24.6 Å². The summed E-state index contributed by atoms with van der Waals surface area (Å²) in [5.41, 5.74) is 0.422. The predicted molar refractivity (Wildman–Crippen MR) is 92.6 cm³/mol. The van der Waals surface area contributed by atoms with Crippen molar-refractivity contribution >= 4 is 18.0 Å². The molecule has 0 radical (unpaired) electrons. The number of carbonyl (C=O) groups excluding carboxylic acids is 3. The Balaban J connectivity index is 2.68. The minimum Gasteiger partial charge on any atom is -0.424 e. The summed E-state index contributed by atoms with van der Waals surface area (Å²) in [4.78, 5) is 36.2. The molecule has 1 N–H and O–H groups in total. The molecule has 2 atom stereocenters. The lowest BCUT2D eigenvalue weighted by molar-refractivity contribution is -0.166. The SMILES string of the molecule is CC[C@@](C)(c1ccccc1)N(C)C(=O)OC(C)OC(=O)CNC(C)=O. The Hall–Kier alpha value is -2.57. The van der Waals surface area contributed by atoms with Crippen LogP contribution in [0, 0.1) is 0 Å². The Kier molecular flexibility index (Phi) is 7.42. The van der Waals surface area contributed by atoms with E-state index in [2.05, 4.69) is 5.32 Å². The molecule has 1 unspecified atom stereocenters. The number of carbonyl (C=O) groups is 3. The van der Waals surface area contributed by atoms with E-state index in [1.807, 2.05) is 44.2 Å². The van der Waals surface area contributed by atoms with Gasteiger partial charge in [0.25, 0.3) is 0 Å². The van der Waals surface area contributed by atoms with Crippen molar-refractivity contribution in [2.24, 2.45) is 0 Å². The standard InChI is InChI=1S/C18H26N2O5/c1-6-18(4,15-10-8-7-9-11-15)20(5)17(23)25-14(3)24-16(22)12-19-13(2)21/h7-11,14H,6,12H2,1-5H3,(H,19,21)/t14?,18-/m0/s1. The molecule has 0 aliphatic heterocycles. The first-order chi connectivity index (χ1) is 11.7. The third kappa shape index (κ3) is 5.77. The van der Waals surface area contributed by atoms with Gasteiger partial charge in [-0.2, -0.15) is 0 Å². The molecule has 0 heterocycles. The van der Waals surface area contributed by atoms with E-state index in [4.69, 9.17) is 9.47 Å². The van der Waals surface area contributed by atoms with Crippen LogP contribution in [0.2, 0.25) is 0 Å². The van der Waals surface area contributed by atoms with Crippen molar-refractivity contribution < 1.29 is 23.9 Å². The number of ether oxygens (including phenoxy) is 2. The van der Waals surface area contributed by atoms with E-state index in [-0.39, 0.29) is 12.5 Å². The third-order valence-electron chi connectivity index (χ3n) is 4.14. The molecule has 7 nitrogen and oxygen atoms in total. The highest BCUT2D eigenvalue weighted by Crippen LogP contribution is 2.31. The summed E-state index contributed by atoms with van der Waals surface area (Å²) in [5.74, 6) is -1.03. The van der Waals surface area contributed by atoms with Gasteiger partial charge in [0.05, 0.1) is 5.54 Å². The van der Waals surface area contributed by atoms with Gasteiger partial charge in [0, 0.05) is 20.9 Å². The van der Waals surface area contributed by atoms with E-state index < -0.39 is 23.9 Å². The largest absolute Gasteiger partial charge is 0.424 e. The summed E-state index contributed by atoms with van der Waals surface area (Å²) in [6.45, 7) is 6.39. The lowest BCUT2D eigenvalue weighted by Gasteiger charge is -2.38. The normalized spacial score (nSPS) is 14.0. The predicted octanol–water partition coefficient (Wildman–Crippen LogP) is 2.41. The van der Waals surface area contributed by atoms with Crippen LogP contribution >= 0.6 is 0 Å². The van der Waals surface area contributed by atoms with Crippen LogP contribution in [0.3, 0.4) is 0 Å². The van der Waals surface area contributed by atoms with Crippen LogP contribution in [0.1, 0.15) is 39.7 Å². The number of hydrogen-bond donors (Lipinski definition) is 1. The van der Waals surface area contributed by atoms with Gasteiger partial charge in [-0.1, -0.05) is 37.3 Å². The van der Waals surface area contributed by atoms with Crippen LogP contribution < -0.4 is 5.32 Å². The number of nitrogens with zero attached hydrogens (tertiary/aromatic N) is 1. The van der Waals surface area contributed by atoms with Crippen molar-refractivity contribution in [2.45, 2.75) is 45.9 Å². The fourth-order valence-corrected chi connectivity index (χ4v) is 2.30. The van der Waals surface area contributed by atoms with Crippen molar-refractivity contribution in [3.8, 4) is 0 Å². The van der Waals surface area contributed by atoms with Gasteiger partial charge in [0.15, 0.2) is 0 Å².